The summed E-state index contributed by atoms with van der Waals surface area (Å²) in [4.78, 5) is 10.9. The molecule has 0 aliphatic carbocycles. The number of thiophene rings is 1. The van der Waals surface area contributed by atoms with Gasteiger partial charge in [-0.1, -0.05) is 23.7 Å². The lowest BCUT2D eigenvalue weighted by Gasteiger charge is -2.06. The monoisotopic (exact) mass is 286 g/mol. The highest BCUT2D eigenvalue weighted by Gasteiger charge is 2.09. The van der Waals surface area contributed by atoms with E-state index in [0.717, 1.165) is 11.3 Å². The molecule has 1 aromatic carbocycles. The number of hydrogen-bond donors (Lipinski definition) is 1. The second-order valence-corrected chi connectivity index (χ2v) is 4.74. The highest BCUT2D eigenvalue weighted by Crippen LogP contribution is 2.25. The SMILES string of the molecule is O=C(O)c1cc(OCc2cccc(F)c2Cl)cs1. The molecule has 0 amide bonds. The van der Waals surface area contributed by atoms with E-state index >= 15 is 0 Å². The summed E-state index contributed by atoms with van der Waals surface area (Å²) >= 11 is 6.84. The predicted octanol–water partition coefficient (Wildman–Crippen LogP) is 3.82. The smallest absolute Gasteiger partial charge is 0.346 e. The van der Waals surface area contributed by atoms with E-state index in [9.17, 15) is 9.18 Å². The summed E-state index contributed by atoms with van der Waals surface area (Å²) in [5, 5.41) is 10.3. The van der Waals surface area contributed by atoms with Crippen LogP contribution in [0, 0.1) is 5.82 Å². The lowest BCUT2D eigenvalue weighted by Crippen LogP contribution is -1.97. The zero-order chi connectivity index (χ0) is 13.1. The molecule has 0 saturated carbocycles. The molecule has 2 rings (SSSR count). The average molecular weight is 287 g/mol. The molecule has 1 heterocycles. The minimum atomic E-state index is -1.00. The fraction of sp³-hybridized carbons (Fsp3) is 0.0833. The van der Waals surface area contributed by atoms with E-state index in [1.165, 1.54) is 18.2 Å². The van der Waals surface area contributed by atoms with Crippen molar-refractivity contribution in [1.82, 2.24) is 0 Å². The lowest BCUT2D eigenvalue weighted by molar-refractivity contribution is 0.0702. The third-order valence-electron chi connectivity index (χ3n) is 2.21. The van der Waals surface area contributed by atoms with Gasteiger partial charge in [-0.3, -0.25) is 0 Å². The molecule has 0 unspecified atom stereocenters. The largest absolute Gasteiger partial charge is 0.488 e. The minimum Gasteiger partial charge on any atom is -0.488 e. The number of ether oxygens (including phenoxy) is 1. The molecule has 0 radical (unpaired) electrons. The average Bonchev–Trinajstić information content (AvgIpc) is 2.80. The quantitative estimate of drug-likeness (QED) is 0.929. The van der Waals surface area contributed by atoms with E-state index in [0.29, 0.717) is 11.3 Å². The fourth-order valence-corrected chi connectivity index (χ4v) is 2.17. The van der Waals surface area contributed by atoms with Crippen molar-refractivity contribution in [2.75, 3.05) is 0 Å². The maximum Gasteiger partial charge on any atom is 0.346 e. The Morgan fingerprint density at radius 2 is 2.28 bits per heavy atom. The van der Waals surface area contributed by atoms with E-state index in [-0.39, 0.29) is 16.5 Å². The summed E-state index contributed by atoms with van der Waals surface area (Å²) in [6.45, 7) is 0.0897. The standard InChI is InChI=1S/C12H8ClFO3S/c13-11-7(2-1-3-9(11)14)5-17-8-4-10(12(15)16)18-6-8/h1-4,6H,5H2,(H,15,16). The molecule has 18 heavy (non-hydrogen) atoms. The second-order valence-electron chi connectivity index (χ2n) is 3.45. The molecular formula is C12H8ClFO3S. The van der Waals surface area contributed by atoms with Crippen LogP contribution in [-0.2, 0) is 6.61 Å². The molecule has 0 spiro atoms. The van der Waals surface area contributed by atoms with Crippen LogP contribution in [0.1, 0.15) is 15.2 Å². The number of carbonyl (C=O) groups is 1. The molecular weight excluding hydrogens is 279 g/mol. The van der Waals surface area contributed by atoms with Gasteiger partial charge in [0.05, 0.1) is 5.02 Å². The zero-order valence-corrected chi connectivity index (χ0v) is 10.6. The van der Waals surface area contributed by atoms with Crippen LogP contribution in [0.5, 0.6) is 5.75 Å². The molecule has 0 bridgehead atoms. The minimum absolute atomic E-state index is 0.0196. The Balaban J connectivity index is 2.07. The molecule has 0 atom stereocenters. The summed E-state index contributed by atoms with van der Waals surface area (Å²) in [5.41, 5.74) is 0.514. The van der Waals surface area contributed by atoms with Crippen LogP contribution in [0.25, 0.3) is 0 Å². The van der Waals surface area contributed by atoms with Gasteiger partial charge in [0, 0.05) is 17.0 Å². The van der Waals surface area contributed by atoms with Crippen LogP contribution in [0.4, 0.5) is 4.39 Å². The first-order valence-electron chi connectivity index (χ1n) is 4.95. The van der Waals surface area contributed by atoms with Gasteiger partial charge in [-0.25, -0.2) is 9.18 Å². The van der Waals surface area contributed by atoms with E-state index in [1.807, 2.05) is 0 Å². The first-order valence-corrected chi connectivity index (χ1v) is 6.21. The number of benzene rings is 1. The van der Waals surface area contributed by atoms with Crippen LogP contribution < -0.4 is 4.74 Å². The van der Waals surface area contributed by atoms with Crippen LogP contribution in [0.3, 0.4) is 0 Å². The number of carboxylic acid groups (broad SMARTS) is 1. The van der Waals surface area contributed by atoms with Gasteiger partial charge in [0.25, 0.3) is 0 Å². The first kappa shape index (κ1) is 12.9. The van der Waals surface area contributed by atoms with Gasteiger partial charge in [-0.15, -0.1) is 11.3 Å². The summed E-state index contributed by atoms with van der Waals surface area (Å²) in [6.07, 6.45) is 0. The Labute approximate surface area is 111 Å². The van der Waals surface area contributed by atoms with Crippen molar-refractivity contribution in [2.45, 2.75) is 6.61 Å². The van der Waals surface area contributed by atoms with Crippen molar-refractivity contribution >= 4 is 28.9 Å². The molecule has 6 heteroatoms. The molecule has 94 valence electrons. The Morgan fingerprint density at radius 1 is 1.50 bits per heavy atom. The maximum atomic E-state index is 13.2. The first-order chi connectivity index (χ1) is 8.58. The third kappa shape index (κ3) is 2.80. The van der Waals surface area contributed by atoms with Crippen LogP contribution >= 0.6 is 22.9 Å². The van der Waals surface area contributed by atoms with Crippen LogP contribution in [-0.4, -0.2) is 11.1 Å². The van der Waals surface area contributed by atoms with Crippen molar-refractivity contribution in [1.29, 1.82) is 0 Å². The van der Waals surface area contributed by atoms with Crippen molar-refractivity contribution in [3.63, 3.8) is 0 Å². The fourth-order valence-electron chi connectivity index (χ4n) is 1.33. The second kappa shape index (κ2) is 5.37. The number of hydrogen-bond acceptors (Lipinski definition) is 3. The summed E-state index contributed by atoms with van der Waals surface area (Å²) < 4.78 is 18.5. The van der Waals surface area contributed by atoms with Gasteiger partial charge < -0.3 is 9.84 Å². The third-order valence-corrected chi connectivity index (χ3v) is 3.53. The van der Waals surface area contributed by atoms with E-state index in [2.05, 4.69) is 0 Å². The predicted molar refractivity (Wildman–Crippen MR) is 67.0 cm³/mol. The number of halogens is 2. The van der Waals surface area contributed by atoms with Crippen molar-refractivity contribution < 1.29 is 19.0 Å². The van der Waals surface area contributed by atoms with Crippen LogP contribution in [0.15, 0.2) is 29.6 Å². The Hall–Kier alpha value is -1.59. The topological polar surface area (TPSA) is 46.5 Å². The van der Waals surface area contributed by atoms with Gasteiger partial charge in [0.1, 0.15) is 23.1 Å². The van der Waals surface area contributed by atoms with Gasteiger partial charge >= 0.3 is 5.97 Å². The molecule has 0 fully saturated rings. The Kier molecular flexibility index (Phi) is 3.84. The zero-order valence-electron chi connectivity index (χ0n) is 9.02. The van der Waals surface area contributed by atoms with Crippen molar-refractivity contribution in [2.24, 2.45) is 0 Å². The molecule has 0 saturated heterocycles. The molecule has 3 nitrogen and oxygen atoms in total. The molecule has 1 aromatic heterocycles. The highest BCUT2D eigenvalue weighted by atomic mass is 35.5. The number of aromatic carboxylic acids is 1. The molecule has 1 N–H and O–H groups in total. The molecule has 0 aliphatic heterocycles. The van der Waals surface area contributed by atoms with Crippen molar-refractivity contribution in [3.8, 4) is 5.75 Å². The normalized spacial score (nSPS) is 10.3. The molecule has 0 aliphatic rings. The van der Waals surface area contributed by atoms with Gasteiger partial charge in [-0.2, -0.15) is 0 Å². The van der Waals surface area contributed by atoms with Crippen molar-refractivity contribution in [3.05, 3.63) is 50.9 Å². The summed E-state index contributed by atoms with van der Waals surface area (Å²) in [6, 6.07) is 5.87. The highest BCUT2D eigenvalue weighted by molar-refractivity contribution is 7.12. The summed E-state index contributed by atoms with van der Waals surface area (Å²) in [5.74, 6) is -1.08. The maximum absolute atomic E-state index is 13.2. The summed E-state index contributed by atoms with van der Waals surface area (Å²) in [7, 11) is 0. The number of carboxylic acids is 1. The van der Waals surface area contributed by atoms with Gasteiger partial charge in [0.15, 0.2) is 0 Å². The van der Waals surface area contributed by atoms with E-state index < -0.39 is 11.8 Å². The lowest BCUT2D eigenvalue weighted by atomic mass is 10.2. The van der Waals surface area contributed by atoms with Gasteiger partial charge in [0.2, 0.25) is 0 Å². The molecule has 2 aromatic rings. The number of rotatable bonds is 4. The van der Waals surface area contributed by atoms with E-state index in [4.69, 9.17) is 21.4 Å². The van der Waals surface area contributed by atoms with Crippen LogP contribution in [0.2, 0.25) is 5.02 Å². The Morgan fingerprint density at radius 3 is 2.94 bits per heavy atom. The van der Waals surface area contributed by atoms with Gasteiger partial charge in [-0.05, 0) is 6.07 Å². The Bertz CT molecular complexity index is 582. The van der Waals surface area contributed by atoms with E-state index in [1.54, 1.807) is 11.4 Å².